The van der Waals surface area contributed by atoms with E-state index in [4.69, 9.17) is 0 Å². The van der Waals surface area contributed by atoms with Gasteiger partial charge in [0.15, 0.2) is 0 Å². The van der Waals surface area contributed by atoms with Crippen LogP contribution in [0.2, 0.25) is 0 Å². The molecule has 2 nitrogen and oxygen atoms in total. The number of amides is 1. The maximum Gasteiger partial charge on any atom is 0.224 e. The SMILES string of the molecule is CC(NC(=O)C1CCCCC1(C)C)c1ccc(Br)cc1. The van der Waals surface area contributed by atoms with Gasteiger partial charge in [-0.25, -0.2) is 0 Å². The summed E-state index contributed by atoms with van der Waals surface area (Å²) in [6, 6.07) is 8.21. The lowest BCUT2D eigenvalue weighted by Crippen LogP contribution is -2.41. The summed E-state index contributed by atoms with van der Waals surface area (Å²) in [6.07, 6.45) is 4.59. The number of halogens is 1. The highest BCUT2D eigenvalue weighted by Crippen LogP contribution is 2.40. The number of rotatable bonds is 3. The Bertz CT molecular complexity index is 466. The van der Waals surface area contributed by atoms with Gasteiger partial charge >= 0.3 is 0 Å². The molecule has 0 aliphatic heterocycles. The number of hydrogen-bond donors (Lipinski definition) is 1. The first-order valence-electron chi connectivity index (χ1n) is 7.46. The molecule has 1 fully saturated rings. The Kier molecular flexibility index (Phi) is 4.90. The molecule has 0 radical (unpaired) electrons. The van der Waals surface area contributed by atoms with E-state index in [2.05, 4.69) is 54.2 Å². The standard InChI is InChI=1S/C17H24BrNO/c1-12(13-7-9-14(18)10-8-13)19-16(20)15-6-4-5-11-17(15,2)3/h7-10,12,15H,4-6,11H2,1-3H3,(H,19,20). The fraction of sp³-hybridized carbons (Fsp3) is 0.588. The molecule has 0 spiro atoms. The molecule has 1 aliphatic rings. The Balaban J connectivity index is 2.01. The van der Waals surface area contributed by atoms with E-state index < -0.39 is 0 Å². The molecule has 110 valence electrons. The van der Waals surface area contributed by atoms with Crippen molar-refractivity contribution in [3.8, 4) is 0 Å². The Labute approximate surface area is 130 Å². The molecule has 1 aromatic carbocycles. The highest BCUT2D eigenvalue weighted by molar-refractivity contribution is 9.10. The van der Waals surface area contributed by atoms with Crippen LogP contribution < -0.4 is 5.32 Å². The molecule has 1 N–H and O–H groups in total. The lowest BCUT2D eigenvalue weighted by molar-refractivity contribution is -0.130. The molecule has 2 unspecified atom stereocenters. The largest absolute Gasteiger partial charge is 0.349 e. The molecule has 0 saturated heterocycles. The van der Waals surface area contributed by atoms with Gasteiger partial charge in [0.1, 0.15) is 0 Å². The zero-order chi connectivity index (χ0) is 14.8. The molecule has 0 heterocycles. The lowest BCUT2D eigenvalue weighted by Gasteiger charge is -2.38. The fourth-order valence-corrected chi connectivity index (χ4v) is 3.39. The molecular formula is C17H24BrNO. The van der Waals surface area contributed by atoms with Crippen molar-refractivity contribution in [1.29, 1.82) is 0 Å². The molecule has 3 heteroatoms. The van der Waals surface area contributed by atoms with Gasteiger partial charge in [-0.15, -0.1) is 0 Å². The van der Waals surface area contributed by atoms with E-state index in [9.17, 15) is 4.79 Å². The first-order chi connectivity index (χ1) is 9.40. The lowest BCUT2D eigenvalue weighted by atomic mass is 9.68. The van der Waals surface area contributed by atoms with Crippen molar-refractivity contribution in [3.63, 3.8) is 0 Å². The number of nitrogens with one attached hydrogen (secondary N) is 1. The molecule has 20 heavy (non-hydrogen) atoms. The maximum absolute atomic E-state index is 12.5. The van der Waals surface area contributed by atoms with E-state index in [1.807, 2.05) is 12.1 Å². The summed E-state index contributed by atoms with van der Waals surface area (Å²) < 4.78 is 1.06. The number of carbonyl (C=O) groups is 1. The minimum atomic E-state index is 0.0633. The van der Waals surface area contributed by atoms with Crippen molar-refractivity contribution in [2.75, 3.05) is 0 Å². The molecule has 1 aliphatic carbocycles. The molecule has 0 bridgehead atoms. The average Bonchev–Trinajstić information content (AvgIpc) is 2.38. The van der Waals surface area contributed by atoms with E-state index in [-0.39, 0.29) is 23.3 Å². The first kappa shape index (κ1) is 15.6. The summed E-state index contributed by atoms with van der Waals surface area (Å²) in [4.78, 5) is 12.5. The molecule has 0 aromatic heterocycles. The van der Waals surface area contributed by atoms with Gasteiger partial charge in [-0.1, -0.05) is 54.8 Å². The van der Waals surface area contributed by atoms with Gasteiger partial charge in [-0.3, -0.25) is 4.79 Å². The van der Waals surface area contributed by atoms with Crippen LogP contribution in [0.5, 0.6) is 0 Å². The Morgan fingerprint density at radius 1 is 1.30 bits per heavy atom. The summed E-state index contributed by atoms with van der Waals surface area (Å²) in [5, 5.41) is 3.19. The summed E-state index contributed by atoms with van der Waals surface area (Å²) in [6.45, 7) is 6.50. The highest BCUT2D eigenvalue weighted by Gasteiger charge is 2.37. The molecule has 1 saturated carbocycles. The zero-order valence-corrected chi connectivity index (χ0v) is 14.2. The predicted molar refractivity (Wildman–Crippen MR) is 86.4 cm³/mol. The summed E-state index contributed by atoms with van der Waals surface area (Å²) in [7, 11) is 0. The number of carbonyl (C=O) groups excluding carboxylic acids is 1. The maximum atomic E-state index is 12.5. The zero-order valence-electron chi connectivity index (χ0n) is 12.6. The van der Waals surface area contributed by atoms with Crippen LogP contribution in [0.3, 0.4) is 0 Å². The van der Waals surface area contributed by atoms with E-state index >= 15 is 0 Å². The second kappa shape index (κ2) is 6.30. The highest BCUT2D eigenvalue weighted by atomic mass is 79.9. The van der Waals surface area contributed by atoms with Crippen molar-refractivity contribution >= 4 is 21.8 Å². The molecule has 2 rings (SSSR count). The second-order valence-corrected chi connectivity index (χ2v) is 7.48. The van der Waals surface area contributed by atoms with E-state index in [0.717, 1.165) is 22.9 Å². The fourth-order valence-electron chi connectivity index (χ4n) is 3.13. The molecule has 1 amide bonds. The normalized spacial score (nSPS) is 23.1. The van der Waals surface area contributed by atoms with Gasteiger partial charge < -0.3 is 5.32 Å². The van der Waals surface area contributed by atoms with Gasteiger partial charge in [0.25, 0.3) is 0 Å². The minimum Gasteiger partial charge on any atom is -0.349 e. The number of hydrogen-bond acceptors (Lipinski definition) is 1. The van der Waals surface area contributed by atoms with E-state index in [0.29, 0.717) is 0 Å². The van der Waals surface area contributed by atoms with Crippen LogP contribution in [0.1, 0.15) is 58.1 Å². The quantitative estimate of drug-likeness (QED) is 0.839. The molecule has 1 aromatic rings. The summed E-state index contributed by atoms with van der Waals surface area (Å²) in [5.74, 6) is 0.360. The Morgan fingerprint density at radius 3 is 2.55 bits per heavy atom. The van der Waals surface area contributed by atoms with Gasteiger partial charge in [0.05, 0.1) is 6.04 Å². The van der Waals surface area contributed by atoms with E-state index in [1.54, 1.807) is 0 Å². The smallest absolute Gasteiger partial charge is 0.224 e. The van der Waals surface area contributed by atoms with Crippen LogP contribution in [-0.2, 0) is 4.79 Å². The minimum absolute atomic E-state index is 0.0633. The predicted octanol–water partition coefficient (Wildman–Crippen LogP) is 4.84. The monoisotopic (exact) mass is 337 g/mol. The Hall–Kier alpha value is -0.830. The van der Waals surface area contributed by atoms with E-state index in [1.165, 1.54) is 12.8 Å². The van der Waals surface area contributed by atoms with Gasteiger partial charge in [-0.05, 0) is 42.9 Å². The van der Waals surface area contributed by atoms with Crippen molar-refractivity contribution in [1.82, 2.24) is 5.32 Å². The topological polar surface area (TPSA) is 29.1 Å². The van der Waals surface area contributed by atoms with Crippen LogP contribution in [0.15, 0.2) is 28.7 Å². The average molecular weight is 338 g/mol. The Morgan fingerprint density at radius 2 is 1.95 bits per heavy atom. The van der Waals surface area contributed by atoms with Gasteiger partial charge in [0, 0.05) is 10.4 Å². The van der Waals surface area contributed by atoms with Crippen molar-refractivity contribution in [2.45, 2.75) is 52.5 Å². The second-order valence-electron chi connectivity index (χ2n) is 6.57. The van der Waals surface area contributed by atoms with Crippen molar-refractivity contribution in [3.05, 3.63) is 34.3 Å². The van der Waals surface area contributed by atoms with Crippen molar-refractivity contribution in [2.24, 2.45) is 11.3 Å². The van der Waals surface area contributed by atoms with Crippen molar-refractivity contribution < 1.29 is 4.79 Å². The van der Waals surface area contributed by atoms with Gasteiger partial charge in [-0.2, -0.15) is 0 Å². The van der Waals surface area contributed by atoms with Crippen LogP contribution >= 0.6 is 15.9 Å². The van der Waals surface area contributed by atoms with Crippen LogP contribution in [0, 0.1) is 11.3 Å². The summed E-state index contributed by atoms with van der Waals surface area (Å²) >= 11 is 3.44. The summed E-state index contributed by atoms with van der Waals surface area (Å²) in [5.41, 5.74) is 1.28. The first-order valence-corrected chi connectivity index (χ1v) is 8.25. The third kappa shape index (κ3) is 3.63. The molecule has 2 atom stereocenters. The number of benzene rings is 1. The third-order valence-electron chi connectivity index (χ3n) is 4.55. The van der Waals surface area contributed by atoms with Crippen LogP contribution in [0.25, 0.3) is 0 Å². The van der Waals surface area contributed by atoms with Crippen LogP contribution in [0.4, 0.5) is 0 Å². The molecular weight excluding hydrogens is 314 g/mol. The van der Waals surface area contributed by atoms with Crippen LogP contribution in [-0.4, -0.2) is 5.91 Å². The third-order valence-corrected chi connectivity index (χ3v) is 5.08. The van der Waals surface area contributed by atoms with Gasteiger partial charge in [0.2, 0.25) is 5.91 Å².